The minimum absolute atomic E-state index is 0.00664. The van der Waals surface area contributed by atoms with Gasteiger partial charge in [0.05, 0.1) is 13.1 Å². The van der Waals surface area contributed by atoms with Crippen molar-refractivity contribution in [1.29, 1.82) is 0 Å². The molecule has 1 rings (SSSR count). The van der Waals surface area contributed by atoms with Gasteiger partial charge in [-0.1, -0.05) is 19.8 Å². The van der Waals surface area contributed by atoms with Gasteiger partial charge < -0.3 is 10.6 Å². The predicted molar refractivity (Wildman–Crippen MR) is 71.2 cm³/mol. The molecule has 0 atom stereocenters. The van der Waals surface area contributed by atoms with E-state index in [0.29, 0.717) is 12.6 Å². The van der Waals surface area contributed by atoms with Crippen LogP contribution in [-0.4, -0.2) is 49.4 Å². The topological polar surface area (TPSA) is 61.4 Å². The van der Waals surface area contributed by atoms with Gasteiger partial charge in [-0.25, -0.2) is 0 Å². The van der Waals surface area contributed by atoms with Crippen molar-refractivity contribution >= 4 is 11.8 Å². The van der Waals surface area contributed by atoms with E-state index in [1.54, 1.807) is 11.9 Å². The van der Waals surface area contributed by atoms with Gasteiger partial charge >= 0.3 is 0 Å². The molecule has 0 aliphatic heterocycles. The number of unbranched alkanes of at least 4 members (excludes halogenated alkanes) is 2. The molecule has 0 aromatic carbocycles. The minimum atomic E-state index is -0.00664. The van der Waals surface area contributed by atoms with Gasteiger partial charge in [0.15, 0.2) is 0 Å². The smallest absolute Gasteiger partial charge is 0.234 e. The largest absolute Gasteiger partial charge is 0.355 e. The molecular formula is C13H25N3O2. The maximum Gasteiger partial charge on any atom is 0.234 e. The Labute approximate surface area is 109 Å². The number of hydrogen-bond donors (Lipinski definition) is 2. The zero-order chi connectivity index (χ0) is 13.4. The zero-order valence-electron chi connectivity index (χ0n) is 11.5. The third-order valence-electron chi connectivity index (χ3n) is 2.87. The molecule has 1 fully saturated rings. The van der Waals surface area contributed by atoms with Crippen LogP contribution in [0.5, 0.6) is 0 Å². The van der Waals surface area contributed by atoms with Crippen LogP contribution in [0.3, 0.4) is 0 Å². The zero-order valence-corrected chi connectivity index (χ0v) is 11.5. The van der Waals surface area contributed by atoms with E-state index in [-0.39, 0.29) is 18.4 Å². The Hall–Kier alpha value is -1.10. The Balaban J connectivity index is 2.04. The molecule has 2 amide bonds. The van der Waals surface area contributed by atoms with Gasteiger partial charge in [-0.15, -0.1) is 0 Å². The van der Waals surface area contributed by atoms with E-state index < -0.39 is 0 Å². The standard InChI is InChI=1S/C13H25N3O2/c1-3-4-5-8-14-12(17)9-16(2)10-13(18)15-11-6-7-11/h11H,3-10H2,1-2H3,(H,14,17)(H,15,18). The number of hydrogen-bond acceptors (Lipinski definition) is 3. The fourth-order valence-corrected chi connectivity index (χ4v) is 1.71. The van der Waals surface area contributed by atoms with Crippen molar-refractivity contribution in [1.82, 2.24) is 15.5 Å². The number of likely N-dealkylation sites (N-methyl/N-ethyl adjacent to an activating group) is 1. The lowest BCUT2D eigenvalue weighted by atomic mass is 10.2. The van der Waals surface area contributed by atoms with Crippen LogP contribution in [0.15, 0.2) is 0 Å². The highest BCUT2D eigenvalue weighted by Crippen LogP contribution is 2.18. The fraction of sp³-hybridized carbons (Fsp3) is 0.846. The minimum Gasteiger partial charge on any atom is -0.355 e. The van der Waals surface area contributed by atoms with Crippen molar-refractivity contribution in [2.75, 3.05) is 26.7 Å². The van der Waals surface area contributed by atoms with Crippen molar-refractivity contribution in [3.63, 3.8) is 0 Å². The lowest BCUT2D eigenvalue weighted by Gasteiger charge is -2.15. The van der Waals surface area contributed by atoms with E-state index in [4.69, 9.17) is 0 Å². The Morgan fingerprint density at radius 2 is 1.83 bits per heavy atom. The second kappa shape index (κ2) is 8.08. The summed E-state index contributed by atoms with van der Waals surface area (Å²) in [6.45, 7) is 3.44. The van der Waals surface area contributed by atoms with Crippen LogP contribution in [0, 0.1) is 0 Å². The summed E-state index contributed by atoms with van der Waals surface area (Å²) in [5.41, 5.74) is 0. The summed E-state index contributed by atoms with van der Waals surface area (Å²) >= 11 is 0. The number of rotatable bonds is 9. The first kappa shape index (κ1) is 15.0. The third kappa shape index (κ3) is 7.27. The predicted octanol–water partition coefficient (Wildman–Crippen LogP) is 0.503. The Morgan fingerprint density at radius 3 is 2.44 bits per heavy atom. The molecule has 0 unspecified atom stereocenters. The third-order valence-corrected chi connectivity index (χ3v) is 2.87. The van der Waals surface area contributed by atoms with Crippen molar-refractivity contribution in [3.8, 4) is 0 Å². The van der Waals surface area contributed by atoms with Crippen LogP contribution in [0.1, 0.15) is 39.0 Å². The molecule has 1 aliphatic rings. The summed E-state index contributed by atoms with van der Waals surface area (Å²) in [5.74, 6) is 0.00612. The maximum atomic E-state index is 11.5. The van der Waals surface area contributed by atoms with E-state index >= 15 is 0 Å². The van der Waals surface area contributed by atoms with Crippen LogP contribution in [0.2, 0.25) is 0 Å². The molecule has 5 nitrogen and oxygen atoms in total. The van der Waals surface area contributed by atoms with Gasteiger partial charge in [0.2, 0.25) is 11.8 Å². The van der Waals surface area contributed by atoms with Gasteiger partial charge in [0, 0.05) is 12.6 Å². The summed E-state index contributed by atoms with van der Waals surface area (Å²) < 4.78 is 0. The molecule has 0 spiro atoms. The molecule has 2 N–H and O–H groups in total. The summed E-state index contributed by atoms with van der Waals surface area (Å²) in [6.07, 6.45) is 5.49. The molecule has 18 heavy (non-hydrogen) atoms. The Kier molecular flexibility index (Phi) is 6.72. The van der Waals surface area contributed by atoms with Gasteiger partial charge in [0.25, 0.3) is 0 Å². The van der Waals surface area contributed by atoms with Gasteiger partial charge in [-0.2, -0.15) is 0 Å². The number of carbonyl (C=O) groups excluding carboxylic acids is 2. The molecule has 0 bridgehead atoms. The molecule has 0 radical (unpaired) electrons. The van der Waals surface area contributed by atoms with Crippen LogP contribution in [0.25, 0.3) is 0 Å². The summed E-state index contributed by atoms with van der Waals surface area (Å²) in [7, 11) is 1.79. The second-order valence-corrected chi connectivity index (χ2v) is 5.07. The van der Waals surface area contributed by atoms with E-state index in [9.17, 15) is 9.59 Å². The fourth-order valence-electron chi connectivity index (χ4n) is 1.71. The normalized spacial score (nSPS) is 14.6. The first-order valence-corrected chi connectivity index (χ1v) is 6.86. The number of carbonyl (C=O) groups is 2. The molecule has 1 aliphatic carbocycles. The molecule has 104 valence electrons. The Morgan fingerprint density at radius 1 is 1.17 bits per heavy atom. The highest BCUT2D eigenvalue weighted by molar-refractivity contribution is 5.81. The van der Waals surface area contributed by atoms with Crippen LogP contribution >= 0.6 is 0 Å². The number of nitrogens with zero attached hydrogens (tertiary/aromatic N) is 1. The van der Waals surface area contributed by atoms with Crippen molar-refractivity contribution in [3.05, 3.63) is 0 Å². The highest BCUT2D eigenvalue weighted by atomic mass is 16.2. The number of amides is 2. The molecule has 1 saturated carbocycles. The average Bonchev–Trinajstić information content (AvgIpc) is 3.07. The second-order valence-electron chi connectivity index (χ2n) is 5.07. The van der Waals surface area contributed by atoms with E-state index in [1.807, 2.05) is 0 Å². The van der Waals surface area contributed by atoms with Crippen LogP contribution < -0.4 is 10.6 Å². The van der Waals surface area contributed by atoms with Crippen molar-refractivity contribution in [2.45, 2.75) is 45.1 Å². The number of nitrogens with one attached hydrogen (secondary N) is 2. The van der Waals surface area contributed by atoms with E-state index in [1.165, 1.54) is 0 Å². The lowest BCUT2D eigenvalue weighted by Crippen LogP contribution is -2.41. The van der Waals surface area contributed by atoms with Crippen LogP contribution in [0.4, 0.5) is 0 Å². The molecular weight excluding hydrogens is 230 g/mol. The molecule has 0 heterocycles. The monoisotopic (exact) mass is 255 g/mol. The first-order chi connectivity index (χ1) is 8.61. The van der Waals surface area contributed by atoms with Crippen molar-refractivity contribution < 1.29 is 9.59 Å². The van der Waals surface area contributed by atoms with Crippen molar-refractivity contribution in [2.24, 2.45) is 0 Å². The van der Waals surface area contributed by atoms with Gasteiger partial charge in [0.1, 0.15) is 0 Å². The molecule has 5 heteroatoms. The highest BCUT2D eigenvalue weighted by Gasteiger charge is 2.23. The summed E-state index contributed by atoms with van der Waals surface area (Å²) in [5, 5.41) is 5.77. The first-order valence-electron chi connectivity index (χ1n) is 6.86. The van der Waals surface area contributed by atoms with Gasteiger partial charge in [-0.3, -0.25) is 14.5 Å². The molecule has 0 aromatic heterocycles. The maximum absolute atomic E-state index is 11.5. The van der Waals surface area contributed by atoms with E-state index in [0.717, 1.165) is 38.6 Å². The quantitative estimate of drug-likeness (QED) is 0.590. The lowest BCUT2D eigenvalue weighted by molar-refractivity contribution is -0.124. The SMILES string of the molecule is CCCCCNC(=O)CN(C)CC(=O)NC1CC1. The van der Waals surface area contributed by atoms with Crippen LogP contribution in [-0.2, 0) is 9.59 Å². The molecule has 0 aromatic rings. The molecule has 0 saturated heterocycles. The van der Waals surface area contributed by atoms with E-state index in [2.05, 4.69) is 17.6 Å². The summed E-state index contributed by atoms with van der Waals surface area (Å²) in [4.78, 5) is 24.8. The average molecular weight is 255 g/mol. The van der Waals surface area contributed by atoms with Gasteiger partial charge in [-0.05, 0) is 26.3 Å². The Bertz CT molecular complexity index is 277. The summed E-state index contributed by atoms with van der Waals surface area (Å²) in [6, 6.07) is 0.383.